The van der Waals surface area contributed by atoms with Gasteiger partial charge in [-0.25, -0.2) is 4.98 Å². The Labute approximate surface area is 110 Å². The highest BCUT2D eigenvalue weighted by atomic mass is 32.1. The molecule has 3 nitrogen and oxygen atoms in total. The van der Waals surface area contributed by atoms with Crippen molar-refractivity contribution in [3.05, 3.63) is 53.6 Å². The molecule has 2 rings (SSSR count). The summed E-state index contributed by atoms with van der Waals surface area (Å²) in [6.45, 7) is 6.05. The van der Waals surface area contributed by atoms with E-state index >= 15 is 0 Å². The number of aryl methyl sites for hydroxylation is 1. The van der Waals surface area contributed by atoms with Gasteiger partial charge in [-0.05, 0) is 6.92 Å². The van der Waals surface area contributed by atoms with Gasteiger partial charge in [0.15, 0.2) is 0 Å². The molecule has 0 aliphatic rings. The summed E-state index contributed by atoms with van der Waals surface area (Å²) in [6.07, 6.45) is 1.64. The minimum atomic E-state index is -0.162. The third kappa shape index (κ3) is 2.84. The summed E-state index contributed by atoms with van der Waals surface area (Å²) in [5, 5.41) is 5.34. The van der Waals surface area contributed by atoms with Gasteiger partial charge in [-0.15, -0.1) is 17.9 Å². The lowest BCUT2D eigenvalue weighted by Crippen LogP contribution is -2.23. The van der Waals surface area contributed by atoms with Crippen molar-refractivity contribution in [1.29, 1.82) is 0 Å². The second kappa shape index (κ2) is 5.60. The van der Waals surface area contributed by atoms with Gasteiger partial charge in [-0.1, -0.05) is 35.9 Å². The first-order chi connectivity index (χ1) is 8.70. The zero-order valence-electron chi connectivity index (χ0n) is 10.1. The molecular weight excluding hydrogens is 244 g/mol. The fourth-order valence-electron chi connectivity index (χ4n) is 1.46. The summed E-state index contributed by atoms with van der Waals surface area (Å²) >= 11 is 1.47. The molecule has 1 amide bonds. The quantitative estimate of drug-likeness (QED) is 0.856. The number of nitrogens with zero attached hydrogens (tertiary/aromatic N) is 1. The predicted octanol–water partition coefficient (Wildman–Crippen LogP) is 3.03. The first-order valence-electron chi connectivity index (χ1n) is 5.62. The molecule has 2 aromatic rings. The van der Waals surface area contributed by atoms with Crippen LogP contribution in [0.3, 0.4) is 0 Å². The number of hydrogen-bond donors (Lipinski definition) is 1. The second-order valence-corrected chi connectivity index (χ2v) is 4.76. The summed E-state index contributed by atoms with van der Waals surface area (Å²) in [5.41, 5.74) is 2.70. The SMILES string of the molecule is C=CCNC(=O)c1csc(-c2ccc(C)cc2)n1. The molecule has 0 aliphatic carbocycles. The summed E-state index contributed by atoms with van der Waals surface area (Å²) in [4.78, 5) is 16.0. The van der Waals surface area contributed by atoms with Gasteiger partial charge < -0.3 is 5.32 Å². The lowest BCUT2D eigenvalue weighted by atomic mass is 10.2. The highest BCUT2D eigenvalue weighted by Crippen LogP contribution is 2.23. The van der Waals surface area contributed by atoms with Crippen LogP contribution in [0, 0.1) is 6.92 Å². The van der Waals surface area contributed by atoms with Gasteiger partial charge >= 0.3 is 0 Å². The number of thiazole rings is 1. The van der Waals surface area contributed by atoms with Crippen LogP contribution in [0.1, 0.15) is 16.1 Å². The van der Waals surface area contributed by atoms with Crippen molar-refractivity contribution in [3.8, 4) is 10.6 Å². The van der Waals surface area contributed by atoms with Gasteiger partial charge in [0.05, 0.1) is 0 Å². The number of amides is 1. The van der Waals surface area contributed by atoms with Gasteiger partial charge in [-0.2, -0.15) is 0 Å². The average molecular weight is 258 g/mol. The molecule has 1 aromatic carbocycles. The van der Waals surface area contributed by atoms with Crippen LogP contribution in [-0.4, -0.2) is 17.4 Å². The van der Waals surface area contributed by atoms with Crippen LogP contribution in [-0.2, 0) is 0 Å². The third-order valence-electron chi connectivity index (χ3n) is 2.44. The summed E-state index contributed by atoms with van der Waals surface area (Å²) in [5.74, 6) is -0.162. The molecule has 18 heavy (non-hydrogen) atoms. The van der Waals surface area contributed by atoms with E-state index in [1.54, 1.807) is 11.5 Å². The summed E-state index contributed by atoms with van der Waals surface area (Å²) < 4.78 is 0. The van der Waals surface area contributed by atoms with Crippen LogP contribution in [0.15, 0.2) is 42.3 Å². The van der Waals surface area contributed by atoms with Gasteiger partial charge in [0, 0.05) is 17.5 Å². The minimum Gasteiger partial charge on any atom is -0.347 e. The molecular formula is C14H14N2OS. The maximum absolute atomic E-state index is 11.7. The number of carbonyl (C=O) groups is 1. The van der Waals surface area contributed by atoms with Crippen molar-refractivity contribution >= 4 is 17.2 Å². The number of hydrogen-bond acceptors (Lipinski definition) is 3. The van der Waals surface area contributed by atoms with Crippen LogP contribution < -0.4 is 5.32 Å². The smallest absolute Gasteiger partial charge is 0.271 e. The minimum absolute atomic E-state index is 0.162. The molecule has 0 unspecified atom stereocenters. The molecule has 0 spiro atoms. The maximum atomic E-state index is 11.7. The Bertz CT molecular complexity index is 557. The second-order valence-electron chi connectivity index (χ2n) is 3.90. The van der Waals surface area contributed by atoms with Gasteiger partial charge in [0.1, 0.15) is 10.7 Å². The Hall–Kier alpha value is -1.94. The number of benzene rings is 1. The molecule has 0 radical (unpaired) electrons. The predicted molar refractivity (Wildman–Crippen MR) is 74.8 cm³/mol. The molecule has 1 heterocycles. The molecule has 0 saturated carbocycles. The number of nitrogens with one attached hydrogen (secondary N) is 1. The molecule has 4 heteroatoms. The lowest BCUT2D eigenvalue weighted by molar-refractivity contribution is 0.0954. The van der Waals surface area contributed by atoms with E-state index < -0.39 is 0 Å². The molecule has 0 saturated heterocycles. The topological polar surface area (TPSA) is 42.0 Å². The molecule has 92 valence electrons. The van der Waals surface area contributed by atoms with Crippen molar-refractivity contribution in [2.45, 2.75) is 6.92 Å². The largest absolute Gasteiger partial charge is 0.347 e. The lowest BCUT2D eigenvalue weighted by Gasteiger charge is -1.98. The number of rotatable bonds is 4. The number of aromatic nitrogens is 1. The highest BCUT2D eigenvalue weighted by molar-refractivity contribution is 7.13. The summed E-state index contributed by atoms with van der Waals surface area (Å²) in [6, 6.07) is 8.10. The van der Waals surface area contributed by atoms with Gasteiger partial charge in [-0.3, -0.25) is 4.79 Å². The van der Waals surface area contributed by atoms with Crippen molar-refractivity contribution in [2.24, 2.45) is 0 Å². The summed E-state index contributed by atoms with van der Waals surface area (Å²) in [7, 11) is 0. The Morgan fingerprint density at radius 2 is 2.17 bits per heavy atom. The van der Waals surface area contributed by atoms with Crippen molar-refractivity contribution < 1.29 is 4.79 Å². The van der Waals surface area contributed by atoms with Crippen LogP contribution >= 0.6 is 11.3 Å². The van der Waals surface area contributed by atoms with Crippen LogP contribution in [0.4, 0.5) is 0 Å². The van der Waals surface area contributed by atoms with E-state index in [9.17, 15) is 4.79 Å². The zero-order valence-corrected chi connectivity index (χ0v) is 11.0. The van der Waals surface area contributed by atoms with E-state index in [0.717, 1.165) is 10.6 Å². The third-order valence-corrected chi connectivity index (χ3v) is 3.33. The average Bonchev–Trinajstić information content (AvgIpc) is 2.86. The van der Waals surface area contributed by atoms with E-state index in [1.165, 1.54) is 16.9 Å². The Kier molecular flexibility index (Phi) is 3.89. The first kappa shape index (κ1) is 12.5. The molecule has 1 N–H and O–H groups in total. The fraction of sp³-hybridized carbons (Fsp3) is 0.143. The Morgan fingerprint density at radius 1 is 1.44 bits per heavy atom. The van der Waals surface area contributed by atoms with Gasteiger partial charge in [0.2, 0.25) is 0 Å². The van der Waals surface area contributed by atoms with E-state index in [0.29, 0.717) is 12.2 Å². The maximum Gasteiger partial charge on any atom is 0.271 e. The van der Waals surface area contributed by atoms with E-state index in [1.807, 2.05) is 31.2 Å². The Morgan fingerprint density at radius 3 is 2.83 bits per heavy atom. The van der Waals surface area contributed by atoms with E-state index in [4.69, 9.17) is 0 Å². The van der Waals surface area contributed by atoms with E-state index in [-0.39, 0.29) is 5.91 Å². The van der Waals surface area contributed by atoms with Crippen LogP contribution in [0.5, 0.6) is 0 Å². The van der Waals surface area contributed by atoms with Crippen molar-refractivity contribution in [3.63, 3.8) is 0 Å². The molecule has 0 fully saturated rings. The first-order valence-corrected chi connectivity index (χ1v) is 6.50. The molecule has 0 aliphatic heterocycles. The highest BCUT2D eigenvalue weighted by Gasteiger charge is 2.10. The van der Waals surface area contributed by atoms with Crippen LogP contribution in [0.2, 0.25) is 0 Å². The van der Waals surface area contributed by atoms with Crippen LogP contribution in [0.25, 0.3) is 10.6 Å². The molecule has 1 aromatic heterocycles. The molecule has 0 bridgehead atoms. The van der Waals surface area contributed by atoms with E-state index in [2.05, 4.69) is 16.9 Å². The fourth-order valence-corrected chi connectivity index (χ4v) is 2.27. The number of carbonyl (C=O) groups excluding carboxylic acids is 1. The Balaban J connectivity index is 2.17. The standard InChI is InChI=1S/C14H14N2OS/c1-3-8-15-13(17)12-9-18-14(16-12)11-6-4-10(2)5-7-11/h3-7,9H,1,8H2,2H3,(H,15,17). The monoisotopic (exact) mass is 258 g/mol. The van der Waals surface area contributed by atoms with Crippen molar-refractivity contribution in [2.75, 3.05) is 6.54 Å². The zero-order chi connectivity index (χ0) is 13.0. The normalized spacial score (nSPS) is 10.1. The van der Waals surface area contributed by atoms with Crippen molar-refractivity contribution in [1.82, 2.24) is 10.3 Å². The molecule has 0 atom stereocenters. The van der Waals surface area contributed by atoms with Gasteiger partial charge in [0.25, 0.3) is 5.91 Å².